The number of benzene rings is 1. The Morgan fingerprint density at radius 2 is 2.28 bits per heavy atom. The Hall–Kier alpha value is -3.21. The second-order valence-electron chi connectivity index (χ2n) is 6.46. The third kappa shape index (κ3) is 5.19. The van der Waals surface area contributed by atoms with E-state index in [1.807, 2.05) is 0 Å². The summed E-state index contributed by atoms with van der Waals surface area (Å²) in [5.74, 6) is 0.121. The Morgan fingerprint density at radius 3 is 2.90 bits per heavy atom. The van der Waals surface area contributed by atoms with Gasteiger partial charge in [0.05, 0.1) is 23.7 Å². The maximum Gasteiger partial charge on any atom is 0.309 e. The number of aromatic nitrogens is 1. The molecule has 0 aliphatic carbocycles. The summed E-state index contributed by atoms with van der Waals surface area (Å²) in [5, 5.41) is 17.5. The molecule has 10 nitrogen and oxygen atoms in total. The van der Waals surface area contributed by atoms with E-state index in [-0.39, 0.29) is 17.6 Å². The van der Waals surface area contributed by atoms with E-state index in [0.717, 1.165) is 5.69 Å². The average molecular weight is 418 g/mol. The van der Waals surface area contributed by atoms with Crippen molar-refractivity contribution in [3.05, 3.63) is 39.3 Å². The second-order valence-corrected chi connectivity index (χ2v) is 7.32. The predicted molar refractivity (Wildman–Crippen MR) is 112 cm³/mol. The van der Waals surface area contributed by atoms with Gasteiger partial charge in [0.1, 0.15) is 5.82 Å². The van der Waals surface area contributed by atoms with Crippen molar-refractivity contribution >= 4 is 45.8 Å². The highest BCUT2D eigenvalue weighted by Gasteiger charge is 2.27. The van der Waals surface area contributed by atoms with Gasteiger partial charge in [-0.25, -0.2) is 4.98 Å². The predicted octanol–water partition coefficient (Wildman–Crippen LogP) is 2.86. The first-order valence-electron chi connectivity index (χ1n) is 9.18. The van der Waals surface area contributed by atoms with Crippen molar-refractivity contribution < 1.29 is 14.5 Å². The van der Waals surface area contributed by atoms with Crippen LogP contribution < -0.4 is 16.1 Å². The van der Waals surface area contributed by atoms with Crippen molar-refractivity contribution in [2.45, 2.75) is 19.8 Å². The Labute approximate surface area is 171 Å². The molecule has 0 radical (unpaired) electrons. The molecule has 29 heavy (non-hydrogen) atoms. The van der Waals surface area contributed by atoms with Crippen LogP contribution in [0.1, 0.15) is 25.3 Å². The molecule has 0 spiro atoms. The van der Waals surface area contributed by atoms with E-state index in [4.69, 9.17) is 10.5 Å². The zero-order valence-corrected chi connectivity index (χ0v) is 16.7. The van der Waals surface area contributed by atoms with Gasteiger partial charge in [-0.2, -0.15) is 5.10 Å². The molecule has 3 N–H and O–H groups in total. The number of ether oxygens (including phenoxy) is 1. The largest absolute Gasteiger partial charge is 0.466 e. The summed E-state index contributed by atoms with van der Waals surface area (Å²) in [7, 11) is 0. The maximum absolute atomic E-state index is 11.9. The molecule has 0 unspecified atom stereocenters. The minimum absolute atomic E-state index is 0.0184. The van der Waals surface area contributed by atoms with Crippen LogP contribution in [0.5, 0.6) is 0 Å². The summed E-state index contributed by atoms with van der Waals surface area (Å²) < 4.78 is 5.11. The number of piperidine rings is 1. The zero-order valence-electron chi connectivity index (χ0n) is 15.9. The first-order valence-corrected chi connectivity index (χ1v) is 10.1. The number of nitro benzene ring substituents is 1. The smallest absolute Gasteiger partial charge is 0.309 e. The van der Waals surface area contributed by atoms with Gasteiger partial charge >= 0.3 is 5.97 Å². The molecule has 1 aliphatic rings. The fourth-order valence-corrected chi connectivity index (χ4v) is 3.71. The number of nitrogen functional groups attached to an aromatic ring is 1. The topological polar surface area (TPSA) is 136 Å². The number of thiazole rings is 1. The number of nitrogens with two attached hydrogens (primary N) is 1. The van der Waals surface area contributed by atoms with Crippen molar-refractivity contribution in [2.75, 3.05) is 35.8 Å². The fraction of sp³-hybridized carbons (Fsp3) is 0.389. The number of nitrogens with one attached hydrogen (secondary N) is 1. The molecule has 2 aromatic rings. The van der Waals surface area contributed by atoms with Crippen molar-refractivity contribution in [3.8, 4) is 0 Å². The Kier molecular flexibility index (Phi) is 6.60. The van der Waals surface area contributed by atoms with Crippen LogP contribution in [-0.4, -0.2) is 41.8 Å². The molecule has 0 atom stereocenters. The summed E-state index contributed by atoms with van der Waals surface area (Å²) in [4.78, 5) is 28.8. The summed E-state index contributed by atoms with van der Waals surface area (Å²) in [6.07, 6.45) is 2.86. The van der Waals surface area contributed by atoms with Gasteiger partial charge in [-0.3, -0.25) is 20.3 Å². The van der Waals surface area contributed by atoms with Gasteiger partial charge in [-0.1, -0.05) is 0 Å². The third-order valence-electron chi connectivity index (χ3n) is 4.56. The van der Waals surface area contributed by atoms with E-state index in [0.29, 0.717) is 49.1 Å². The molecule has 154 valence electrons. The van der Waals surface area contributed by atoms with Crippen LogP contribution in [-0.2, 0) is 9.53 Å². The van der Waals surface area contributed by atoms with Crippen molar-refractivity contribution in [1.82, 2.24) is 4.98 Å². The van der Waals surface area contributed by atoms with Gasteiger partial charge in [-0.15, -0.1) is 11.3 Å². The minimum Gasteiger partial charge on any atom is -0.466 e. The number of rotatable bonds is 7. The van der Waals surface area contributed by atoms with Crippen LogP contribution in [0.15, 0.2) is 28.7 Å². The Balaban J connectivity index is 1.75. The van der Waals surface area contributed by atoms with E-state index in [1.54, 1.807) is 18.4 Å². The molecular formula is C18H22N6O4S. The van der Waals surface area contributed by atoms with Gasteiger partial charge in [-0.05, 0) is 25.8 Å². The Bertz CT molecular complexity index is 908. The van der Waals surface area contributed by atoms with Crippen LogP contribution in [0.3, 0.4) is 0 Å². The number of hydrogen-bond donors (Lipinski definition) is 2. The van der Waals surface area contributed by atoms with Crippen molar-refractivity contribution in [3.63, 3.8) is 0 Å². The standard InChI is InChI=1S/C18H22N6O4S/c1-2-28-17(25)12-5-7-23(8-6-12)15-4-3-14(24(26)27)9-13(15)10-20-22-18-21-16(19)11-29-18/h3-4,9-12H,2,5-8,19H2,1H3,(H,21,22). The molecule has 0 saturated carbocycles. The number of carbonyl (C=O) groups is 1. The zero-order chi connectivity index (χ0) is 20.8. The lowest BCUT2D eigenvalue weighted by molar-refractivity contribution is -0.384. The van der Waals surface area contributed by atoms with Crippen LogP contribution in [0.4, 0.5) is 22.3 Å². The molecule has 0 bridgehead atoms. The van der Waals surface area contributed by atoms with E-state index in [2.05, 4.69) is 20.4 Å². The number of hydrogen-bond acceptors (Lipinski definition) is 10. The molecule has 1 aliphatic heterocycles. The number of non-ortho nitro benzene ring substituents is 1. The number of esters is 1. The first-order chi connectivity index (χ1) is 14.0. The SMILES string of the molecule is CCOC(=O)C1CCN(c2ccc([N+](=O)[O-])cc2C=NNc2nc(N)cs2)CC1. The summed E-state index contributed by atoms with van der Waals surface area (Å²) in [5.41, 5.74) is 9.76. The van der Waals surface area contributed by atoms with Crippen molar-refractivity contribution in [1.29, 1.82) is 0 Å². The molecular weight excluding hydrogens is 396 g/mol. The molecule has 0 amide bonds. The lowest BCUT2D eigenvalue weighted by Gasteiger charge is -2.33. The number of nitro groups is 1. The van der Waals surface area contributed by atoms with E-state index in [9.17, 15) is 14.9 Å². The van der Waals surface area contributed by atoms with Crippen LogP contribution in [0, 0.1) is 16.0 Å². The highest BCUT2D eigenvalue weighted by atomic mass is 32.1. The lowest BCUT2D eigenvalue weighted by atomic mass is 9.96. The number of hydrazone groups is 1. The minimum atomic E-state index is -0.441. The maximum atomic E-state index is 11.9. The number of carbonyl (C=O) groups excluding carboxylic acids is 1. The van der Waals surface area contributed by atoms with Crippen LogP contribution >= 0.6 is 11.3 Å². The molecule has 1 aromatic heterocycles. The van der Waals surface area contributed by atoms with E-state index >= 15 is 0 Å². The number of anilines is 3. The molecule has 3 rings (SSSR count). The summed E-state index contributed by atoms with van der Waals surface area (Å²) in [6.45, 7) is 3.47. The number of nitrogens with zero attached hydrogens (tertiary/aromatic N) is 4. The first kappa shape index (κ1) is 20.5. The second kappa shape index (κ2) is 9.32. The molecule has 11 heteroatoms. The van der Waals surface area contributed by atoms with Crippen LogP contribution in [0.2, 0.25) is 0 Å². The van der Waals surface area contributed by atoms with Gasteiger partial charge in [0.15, 0.2) is 0 Å². The molecule has 2 heterocycles. The van der Waals surface area contributed by atoms with E-state index < -0.39 is 4.92 Å². The third-order valence-corrected chi connectivity index (χ3v) is 5.33. The van der Waals surface area contributed by atoms with Crippen molar-refractivity contribution in [2.24, 2.45) is 11.0 Å². The van der Waals surface area contributed by atoms with Gasteiger partial charge in [0.25, 0.3) is 5.69 Å². The molecule has 1 saturated heterocycles. The Morgan fingerprint density at radius 1 is 1.52 bits per heavy atom. The molecule has 1 aromatic carbocycles. The van der Waals surface area contributed by atoms with E-state index in [1.165, 1.54) is 29.7 Å². The quantitative estimate of drug-likeness (QED) is 0.303. The van der Waals surface area contributed by atoms with Crippen LogP contribution in [0.25, 0.3) is 0 Å². The van der Waals surface area contributed by atoms with Gasteiger partial charge in [0.2, 0.25) is 5.13 Å². The highest BCUT2D eigenvalue weighted by molar-refractivity contribution is 7.14. The summed E-state index contributed by atoms with van der Waals surface area (Å²) in [6, 6.07) is 4.67. The molecule has 1 fully saturated rings. The normalized spacial score (nSPS) is 14.9. The summed E-state index contributed by atoms with van der Waals surface area (Å²) >= 11 is 1.31. The fourth-order valence-electron chi connectivity index (χ4n) is 3.16. The van der Waals surface area contributed by atoms with Gasteiger partial charge < -0.3 is 15.4 Å². The monoisotopic (exact) mass is 418 g/mol. The average Bonchev–Trinajstić information content (AvgIpc) is 3.13. The lowest BCUT2D eigenvalue weighted by Crippen LogP contribution is -2.37. The highest BCUT2D eigenvalue weighted by Crippen LogP contribution is 2.29. The van der Waals surface area contributed by atoms with Gasteiger partial charge in [0, 0.05) is 41.9 Å².